The number of carbonyl (C=O) groups is 1. The van der Waals surface area contributed by atoms with Crippen molar-refractivity contribution in [2.75, 3.05) is 0 Å². The first-order chi connectivity index (χ1) is 7.59. The molecule has 0 aliphatic heterocycles. The number of hydrogen-bond donors (Lipinski definition) is 0. The molecule has 16 heavy (non-hydrogen) atoms. The Labute approximate surface area is 105 Å². The molecule has 0 spiro atoms. The summed E-state index contributed by atoms with van der Waals surface area (Å²) >= 11 is 4.58. The van der Waals surface area contributed by atoms with Crippen LogP contribution in [0.3, 0.4) is 0 Å². The molecule has 0 aliphatic carbocycles. The van der Waals surface area contributed by atoms with Crippen LogP contribution in [0.5, 0.6) is 0 Å². The van der Waals surface area contributed by atoms with Crippen LogP contribution in [-0.2, 0) is 0 Å². The minimum absolute atomic E-state index is 0.128. The molecule has 0 N–H and O–H groups in total. The van der Waals surface area contributed by atoms with Crippen LogP contribution in [0.15, 0.2) is 34.1 Å². The highest BCUT2D eigenvalue weighted by atomic mass is 79.9. The Hall–Kier alpha value is -1.00. The smallest absolute Gasteiger partial charge is 0.207 e. The maximum Gasteiger partial charge on any atom is 0.207 e. The van der Waals surface area contributed by atoms with Crippen molar-refractivity contribution in [3.8, 4) is 0 Å². The molecule has 1 nitrogen and oxygen atoms in total. The number of halogens is 2. The van der Waals surface area contributed by atoms with Crippen molar-refractivity contribution in [2.45, 2.75) is 6.92 Å². The number of carbonyl (C=O) groups excluding carboxylic acids is 1. The summed E-state index contributed by atoms with van der Waals surface area (Å²) in [5, 5.41) is 1.80. The summed E-state index contributed by atoms with van der Waals surface area (Å²) in [5.41, 5.74) is 1.00. The largest absolute Gasteiger partial charge is 0.288 e. The zero-order valence-electron chi connectivity index (χ0n) is 8.46. The second-order valence-corrected chi connectivity index (χ2v) is 5.18. The second kappa shape index (κ2) is 4.47. The molecule has 0 saturated carbocycles. The number of benzene rings is 1. The molecule has 82 valence electrons. The average molecular weight is 299 g/mol. The van der Waals surface area contributed by atoms with Crippen LogP contribution in [0.2, 0.25) is 0 Å². The van der Waals surface area contributed by atoms with Crippen LogP contribution >= 0.6 is 27.3 Å². The van der Waals surface area contributed by atoms with Crippen molar-refractivity contribution in [1.29, 1.82) is 0 Å². The molecule has 1 aromatic carbocycles. The number of hydrogen-bond acceptors (Lipinski definition) is 2. The molecule has 0 fully saturated rings. The molecule has 1 heterocycles. The molecule has 2 aromatic rings. The lowest BCUT2D eigenvalue weighted by atomic mass is 10.1. The third-order valence-electron chi connectivity index (χ3n) is 2.19. The number of rotatable bonds is 2. The maximum atomic E-state index is 13.5. The maximum absolute atomic E-state index is 13.5. The van der Waals surface area contributed by atoms with Gasteiger partial charge in [0, 0.05) is 4.47 Å². The standard InChI is InChI=1S/C12H8BrFOS/c1-7-2-3-10(14)8(6-7)11(15)12-9(13)4-5-16-12/h2-6H,1H3. The minimum atomic E-state index is -0.476. The Morgan fingerprint density at radius 3 is 2.75 bits per heavy atom. The Bertz CT molecular complexity index is 548. The monoisotopic (exact) mass is 298 g/mol. The van der Waals surface area contributed by atoms with Gasteiger partial charge in [0.25, 0.3) is 0 Å². The van der Waals surface area contributed by atoms with Crippen molar-refractivity contribution < 1.29 is 9.18 Å². The fraction of sp³-hybridized carbons (Fsp3) is 0.0833. The number of aryl methyl sites for hydroxylation is 1. The van der Waals surface area contributed by atoms with E-state index in [1.54, 1.807) is 23.6 Å². The molecule has 0 unspecified atom stereocenters. The summed E-state index contributed by atoms with van der Waals surface area (Å²) in [6.45, 7) is 1.83. The van der Waals surface area contributed by atoms with Gasteiger partial charge in [0.1, 0.15) is 5.82 Å². The number of thiophene rings is 1. The summed E-state index contributed by atoms with van der Waals surface area (Å²) in [5.74, 6) is -0.751. The van der Waals surface area contributed by atoms with E-state index in [1.807, 2.05) is 6.92 Å². The van der Waals surface area contributed by atoms with Gasteiger partial charge in [-0.1, -0.05) is 11.6 Å². The SMILES string of the molecule is Cc1ccc(F)c(C(=O)c2sccc2Br)c1. The van der Waals surface area contributed by atoms with Gasteiger partial charge in [-0.25, -0.2) is 4.39 Å². The van der Waals surface area contributed by atoms with E-state index >= 15 is 0 Å². The lowest BCUT2D eigenvalue weighted by molar-refractivity contribution is 0.103. The third-order valence-corrected chi connectivity index (χ3v) is 4.03. The minimum Gasteiger partial charge on any atom is -0.288 e. The highest BCUT2D eigenvalue weighted by Crippen LogP contribution is 2.26. The van der Waals surface area contributed by atoms with E-state index in [4.69, 9.17) is 0 Å². The van der Waals surface area contributed by atoms with E-state index in [9.17, 15) is 9.18 Å². The van der Waals surface area contributed by atoms with Crippen molar-refractivity contribution in [1.82, 2.24) is 0 Å². The summed E-state index contributed by atoms with van der Waals surface area (Å²) in [6.07, 6.45) is 0. The summed E-state index contributed by atoms with van der Waals surface area (Å²) in [4.78, 5) is 12.6. The summed E-state index contributed by atoms with van der Waals surface area (Å²) < 4.78 is 14.2. The van der Waals surface area contributed by atoms with Gasteiger partial charge in [0.05, 0.1) is 10.4 Å². The van der Waals surface area contributed by atoms with Crippen molar-refractivity contribution >= 4 is 33.0 Å². The van der Waals surface area contributed by atoms with Crippen LogP contribution in [0.1, 0.15) is 20.8 Å². The molecule has 0 bridgehead atoms. The van der Waals surface area contributed by atoms with Crippen LogP contribution < -0.4 is 0 Å². The van der Waals surface area contributed by atoms with Gasteiger partial charge in [-0.15, -0.1) is 11.3 Å². The van der Waals surface area contributed by atoms with Gasteiger partial charge in [-0.2, -0.15) is 0 Å². The van der Waals surface area contributed by atoms with Gasteiger partial charge in [-0.05, 0) is 46.4 Å². The lowest BCUT2D eigenvalue weighted by Gasteiger charge is -2.02. The topological polar surface area (TPSA) is 17.1 Å². The van der Waals surface area contributed by atoms with Gasteiger partial charge >= 0.3 is 0 Å². The Morgan fingerprint density at radius 2 is 2.12 bits per heavy atom. The first kappa shape index (κ1) is 11.5. The summed E-state index contributed by atoms with van der Waals surface area (Å²) in [6, 6.07) is 6.33. The van der Waals surface area contributed by atoms with E-state index in [0.717, 1.165) is 5.56 Å². The normalized spacial score (nSPS) is 10.4. The molecule has 4 heteroatoms. The van der Waals surface area contributed by atoms with E-state index in [0.29, 0.717) is 9.35 Å². The Morgan fingerprint density at radius 1 is 1.38 bits per heavy atom. The molecule has 0 amide bonds. The molecular weight excluding hydrogens is 291 g/mol. The average Bonchev–Trinajstić information content (AvgIpc) is 2.67. The van der Waals surface area contributed by atoms with E-state index in [1.165, 1.54) is 17.4 Å². The lowest BCUT2D eigenvalue weighted by Crippen LogP contribution is -2.03. The molecular formula is C12H8BrFOS. The van der Waals surface area contributed by atoms with Crippen LogP contribution in [0.4, 0.5) is 4.39 Å². The van der Waals surface area contributed by atoms with Gasteiger partial charge in [0.2, 0.25) is 5.78 Å². The van der Waals surface area contributed by atoms with Gasteiger partial charge < -0.3 is 0 Å². The van der Waals surface area contributed by atoms with Crippen molar-refractivity contribution in [2.24, 2.45) is 0 Å². The molecule has 0 atom stereocenters. The quantitative estimate of drug-likeness (QED) is 0.760. The Kier molecular flexibility index (Phi) is 3.21. The zero-order valence-corrected chi connectivity index (χ0v) is 10.9. The van der Waals surface area contributed by atoms with Gasteiger partial charge in [0.15, 0.2) is 0 Å². The molecule has 0 saturated heterocycles. The highest BCUT2D eigenvalue weighted by Gasteiger charge is 2.17. The van der Waals surface area contributed by atoms with Crippen LogP contribution in [0, 0.1) is 12.7 Å². The molecule has 2 rings (SSSR count). The second-order valence-electron chi connectivity index (χ2n) is 3.41. The van der Waals surface area contributed by atoms with Gasteiger partial charge in [-0.3, -0.25) is 4.79 Å². The predicted octanol–water partition coefficient (Wildman–Crippen LogP) is 4.19. The van der Waals surface area contributed by atoms with E-state index < -0.39 is 5.82 Å². The van der Waals surface area contributed by atoms with E-state index in [-0.39, 0.29) is 11.3 Å². The van der Waals surface area contributed by atoms with Crippen molar-refractivity contribution in [3.05, 3.63) is 55.9 Å². The Balaban J connectivity index is 2.49. The molecule has 0 aliphatic rings. The fourth-order valence-electron chi connectivity index (χ4n) is 1.39. The molecule has 0 radical (unpaired) electrons. The first-order valence-corrected chi connectivity index (χ1v) is 6.30. The van der Waals surface area contributed by atoms with Crippen LogP contribution in [-0.4, -0.2) is 5.78 Å². The number of ketones is 1. The summed E-state index contributed by atoms with van der Waals surface area (Å²) in [7, 11) is 0. The van der Waals surface area contributed by atoms with Crippen LogP contribution in [0.25, 0.3) is 0 Å². The fourth-order valence-corrected chi connectivity index (χ4v) is 2.90. The van der Waals surface area contributed by atoms with Crippen molar-refractivity contribution in [3.63, 3.8) is 0 Å². The highest BCUT2D eigenvalue weighted by molar-refractivity contribution is 9.10. The predicted molar refractivity (Wildman–Crippen MR) is 66.6 cm³/mol. The van der Waals surface area contributed by atoms with E-state index in [2.05, 4.69) is 15.9 Å². The zero-order chi connectivity index (χ0) is 11.7. The third kappa shape index (κ3) is 2.08. The molecule has 1 aromatic heterocycles. The first-order valence-electron chi connectivity index (χ1n) is 4.63.